The third-order valence-corrected chi connectivity index (χ3v) is 6.56. The number of aromatic hydroxyl groups is 1. The molecular formula is C22H23FN4O4. The first kappa shape index (κ1) is 19.7. The van der Waals surface area contributed by atoms with Gasteiger partial charge in [-0.05, 0) is 37.0 Å². The van der Waals surface area contributed by atoms with Gasteiger partial charge in [-0.25, -0.2) is 4.39 Å². The summed E-state index contributed by atoms with van der Waals surface area (Å²) in [7, 11) is 0. The zero-order chi connectivity index (χ0) is 21.7. The number of amides is 2. The van der Waals surface area contributed by atoms with Crippen molar-refractivity contribution in [1.29, 1.82) is 0 Å². The van der Waals surface area contributed by atoms with E-state index in [9.17, 15) is 23.9 Å². The molecule has 31 heavy (non-hydrogen) atoms. The molecule has 9 heteroatoms. The lowest BCUT2D eigenvalue weighted by molar-refractivity contribution is -0.0211. The molecule has 8 nitrogen and oxygen atoms in total. The van der Waals surface area contributed by atoms with Crippen molar-refractivity contribution >= 4 is 11.8 Å². The number of rotatable bonds is 3. The zero-order valence-corrected chi connectivity index (χ0v) is 16.9. The first-order valence-electron chi connectivity index (χ1n) is 10.5. The Kier molecular flexibility index (Phi) is 4.77. The Hall–Kier alpha value is -3.20. The lowest BCUT2D eigenvalue weighted by Crippen LogP contribution is -2.62. The fourth-order valence-electron chi connectivity index (χ4n) is 4.99. The summed E-state index contributed by atoms with van der Waals surface area (Å²) in [5.74, 6) is -2.11. The molecule has 162 valence electrons. The molecule has 2 saturated heterocycles. The molecule has 3 aliphatic heterocycles. The molecule has 2 amide bonds. The van der Waals surface area contributed by atoms with Crippen LogP contribution in [0.15, 0.2) is 35.3 Å². The number of nitrogens with one attached hydrogen (secondary N) is 1. The maximum atomic E-state index is 13.1. The molecule has 0 bridgehead atoms. The molecule has 2 N–H and O–H groups in total. The second-order valence-corrected chi connectivity index (χ2v) is 8.33. The van der Waals surface area contributed by atoms with Crippen LogP contribution in [-0.2, 0) is 13.1 Å². The number of pyridine rings is 1. The molecule has 1 aromatic carbocycles. The number of carbonyl (C=O) groups is 2. The lowest BCUT2D eigenvalue weighted by Gasteiger charge is -2.48. The van der Waals surface area contributed by atoms with Gasteiger partial charge in [0.05, 0.1) is 6.54 Å². The summed E-state index contributed by atoms with van der Waals surface area (Å²) in [6.07, 6.45) is 4.31. The fourth-order valence-corrected chi connectivity index (χ4v) is 4.99. The van der Waals surface area contributed by atoms with E-state index in [1.54, 1.807) is 4.90 Å². The van der Waals surface area contributed by atoms with Gasteiger partial charge < -0.3 is 19.9 Å². The number of benzene rings is 1. The standard InChI is InChI=1S/C22H23FN4O4/c23-14-5-3-13(4-6-14)10-24-21(30)16-11-25-12-17-26-8-1-2-15(26)7-9-27(17)22(31)18(25)20(29)19(16)28/h3-6,11,15,17,29H,1-2,7-10,12H2,(H,24,30)/t15-,17+/m1/s1. The van der Waals surface area contributed by atoms with Crippen LogP contribution in [-0.4, -0.2) is 56.6 Å². The Labute approximate surface area is 177 Å². The van der Waals surface area contributed by atoms with E-state index >= 15 is 0 Å². The number of hydrogen-bond acceptors (Lipinski definition) is 5. The zero-order valence-electron chi connectivity index (χ0n) is 16.9. The summed E-state index contributed by atoms with van der Waals surface area (Å²) >= 11 is 0. The van der Waals surface area contributed by atoms with Gasteiger partial charge in [-0.1, -0.05) is 12.1 Å². The topological polar surface area (TPSA) is 94.9 Å². The van der Waals surface area contributed by atoms with Crippen LogP contribution in [0.3, 0.4) is 0 Å². The van der Waals surface area contributed by atoms with Gasteiger partial charge in [0.2, 0.25) is 5.43 Å². The summed E-state index contributed by atoms with van der Waals surface area (Å²) < 4.78 is 14.6. The number of carbonyl (C=O) groups excluding carboxylic acids is 2. The maximum Gasteiger partial charge on any atom is 0.275 e. The van der Waals surface area contributed by atoms with Gasteiger partial charge in [0.1, 0.15) is 17.5 Å². The molecule has 1 aromatic heterocycles. The van der Waals surface area contributed by atoms with Crippen LogP contribution in [0.25, 0.3) is 0 Å². The summed E-state index contributed by atoms with van der Waals surface area (Å²) in [6, 6.07) is 6.09. The van der Waals surface area contributed by atoms with Crippen molar-refractivity contribution in [3.63, 3.8) is 0 Å². The Bertz CT molecular complexity index is 1110. The second kappa shape index (κ2) is 7.49. The third-order valence-electron chi connectivity index (χ3n) is 6.56. The SMILES string of the molecule is O=C(NCc1ccc(F)cc1)c1cn2c(c(O)c1=O)C(=O)N1CC[C@H]3CCCN3[C@@H]1C2. The first-order valence-corrected chi connectivity index (χ1v) is 10.5. The van der Waals surface area contributed by atoms with Crippen LogP contribution in [0.4, 0.5) is 4.39 Å². The van der Waals surface area contributed by atoms with Gasteiger partial charge in [-0.15, -0.1) is 0 Å². The van der Waals surface area contributed by atoms with E-state index in [-0.39, 0.29) is 35.7 Å². The number of halogens is 1. The Morgan fingerprint density at radius 2 is 1.94 bits per heavy atom. The van der Waals surface area contributed by atoms with E-state index in [1.807, 2.05) is 0 Å². The molecule has 0 saturated carbocycles. The number of hydrogen-bond donors (Lipinski definition) is 2. The molecule has 0 aliphatic carbocycles. The van der Waals surface area contributed by atoms with E-state index in [0.717, 1.165) is 25.8 Å². The van der Waals surface area contributed by atoms with Crippen LogP contribution in [0, 0.1) is 5.82 Å². The van der Waals surface area contributed by atoms with E-state index in [2.05, 4.69) is 10.2 Å². The van der Waals surface area contributed by atoms with Crippen molar-refractivity contribution < 1.29 is 19.1 Å². The van der Waals surface area contributed by atoms with Gasteiger partial charge in [0.15, 0.2) is 11.4 Å². The molecule has 2 fully saturated rings. The molecule has 5 rings (SSSR count). The van der Waals surface area contributed by atoms with Gasteiger partial charge in [-0.2, -0.15) is 0 Å². The highest BCUT2D eigenvalue weighted by Crippen LogP contribution is 2.34. The highest BCUT2D eigenvalue weighted by Gasteiger charge is 2.45. The summed E-state index contributed by atoms with van der Waals surface area (Å²) in [4.78, 5) is 42.5. The monoisotopic (exact) mass is 426 g/mol. The minimum atomic E-state index is -0.870. The van der Waals surface area contributed by atoms with Crippen molar-refractivity contribution in [1.82, 2.24) is 19.7 Å². The second-order valence-electron chi connectivity index (χ2n) is 8.33. The number of fused-ring (bicyclic) bond motifs is 4. The lowest BCUT2D eigenvalue weighted by atomic mass is 10.0. The molecule has 2 atom stereocenters. The quantitative estimate of drug-likeness (QED) is 0.771. The highest BCUT2D eigenvalue weighted by molar-refractivity contribution is 5.99. The predicted octanol–water partition coefficient (Wildman–Crippen LogP) is 1.27. The summed E-state index contributed by atoms with van der Waals surface area (Å²) in [6.45, 7) is 2.00. The molecule has 0 unspecified atom stereocenters. The normalized spacial score (nSPS) is 22.6. The van der Waals surface area contributed by atoms with E-state index in [4.69, 9.17) is 0 Å². The summed E-state index contributed by atoms with van der Waals surface area (Å²) in [5, 5.41) is 13.1. The number of aromatic nitrogens is 1. The third kappa shape index (κ3) is 3.29. The van der Waals surface area contributed by atoms with Crippen molar-refractivity contribution in [2.45, 2.75) is 44.6 Å². The van der Waals surface area contributed by atoms with Crippen molar-refractivity contribution in [3.8, 4) is 5.75 Å². The highest BCUT2D eigenvalue weighted by atomic mass is 19.1. The molecule has 0 spiro atoms. The minimum absolute atomic E-state index is 0.0611. The molecular weight excluding hydrogens is 403 g/mol. The van der Waals surface area contributed by atoms with Gasteiger partial charge in [0, 0.05) is 31.9 Å². The van der Waals surface area contributed by atoms with Gasteiger partial charge >= 0.3 is 0 Å². The first-order chi connectivity index (χ1) is 14.9. The smallest absolute Gasteiger partial charge is 0.275 e. The van der Waals surface area contributed by atoms with E-state index in [1.165, 1.54) is 35.0 Å². The van der Waals surface area contributed by atoms with Crippen LogP contribution in [0.1, 0.15) is 45.7 Å². The van der Waals surface area contributed by atoms with Crippen molar-refractivity contribution in [2.75, 3.05) is 13.1 Å². The molecule has 4 heterocycles. The van der Waals surface area contributed by atoms with Gasteiger partial charge in [0.25, 0.3) is 11.8 Å². The van der Waals surface area contributed by atoms with Crippen molar-refractivity contribution in [2.24, 2.45) is 0 Å². The average Bonchev–Trinajstić information content (AvgIpc) is 3.25. The molecule has 0 radical (unpaired) electrons. The van der Waals surface area contributed by atoms with Crippen molar-refractivity contribution in [3.05, 3.63) is 63.3 Å². The van der Waals surface area contributed by atoms with E-state index < -0.39 is 17.1 Å². The average molecular weight is 426 g/mol. The largest absolute Gasteiger partial charge is 0.503 e. The van der Waals surface area contributed by atoms with Crippen LogP contribution < -0.4 is 10.7 Å². The van der Waals surface area contributed by atoms with Crippen LogP contribution in [0.5, 0.6) is 5.75 Å². The van der Waals surface area contributed by atoms with Gasteiger partial charge in [-0.3, -0.25) is 19.3 Å². The fraction of sp³-hybridized carbons (Fsp3) is 0.409. The maximum absolute atomic E-state index is 13.1. The van der Waals surface area contributed by atoms with Crippen LogP contribution in [0.2, 0.25) is 0 Å². The molecule has 2 aromatic rings. The molecule has 3 aliphatic rings. The Balaban J connectivity index is 1.43. The van der Waals surface area contributed by atoms with E-state index in [0.29, 0.717) is 24.7 Å². The Morgan fingerprint density at radius 1 is 1.16 bits per heavy atom. The predicted molar refractivity (Wildman–Crippen MR) is 109 cm³/mol. The summed E-state index contributed by atoms with van der Waals surface area (Å²) in [5.41, 5.74) is -0.483. The number of nitrogens with zero attached hydrogens (tertiary/aromatic N) is 3. The van der Waals surface area contributed by atoms with Crippen LogP contribution >= 0.6 is 0 Å². The Morgan fingerprint density at radius 3 is 2.71 bits per heavy atom. The minimum Gasteiger partial charge on any atom is -0.503 e.